The van der Waals surface area contributed by atoms with Crippen LogP contribution in [0.3, 0.4) is 0 Å². The Labute approximate surface area is 202 Å². The number of nitrogens with zero attached hydrogens (tertiary/aromatic N) is 2. The highest BCUT2D eigenvalue weighted by Crippen LogP contribution is 2.24. The molecule has 0 spiro atoms. The molecule has 1 atom stereocenters. The van der Waals surface area contributed by atoms with Gasteiger partial charge >= 0.3 is 0 Å². The summed E-state index contributed by atoms with van der Waals surface area (Å²) < 4.78 is 55.7. The van der Waals surface area contributed by atoms with E-state index in [-0.39, 0.29) is 23.2 Å². The molecule has 7 nitrogen and oxygen atoms in total. The molecular formula is C25H29N3O4S2. The molecule has 4 rings (SSSR count). The van der Waals surface area contributed by atoms with Gasteiger partial charge in [-0.25, -0.2) is 21.6 Å². The molecule has 0 aromatic heterocycles. The molecule has 3 aromatic rings. The number of piperazine rings is 1. The molecule has 180 valence electrons. The zero-order chi connectivity index (χ0) is 24.0. The SMILES string of the molecule is O=S(=O)(NC[C@H](c1ccccc1)N1CCN(S(=O)(=O)Cc2ccccc2)CC1)c1ccccc1. The number of benzene rings is 3. The Morgan fingerprint density at radius 1 is 0.706 bits per heavy atom. The normalized spacial score (nSPS) is 16.8. The summed E-state index contributed by atoms with van der Waals surface area (Å²) in [6.07, 6.45) is 0. The predicted molar refractivity (Wildman–Crippen MR) is 133 cm³/mol. The van der Waals surface area contributed by atoms with Crippen molar-refractivity contribution in [3.8, 4) is 0 Å². The summed E-state index contributed by atoms with van der Waals surface area (Å²) in [6, 6.07) is 27.0. The van der Waals surface area contributed by atoms with Crippen LogP contribution in [0.4, 0.5) is 0 Å². The molecule has 0 bridgehead atoms. The number of rotatable bonds is 9. The van der Waals surface area contributed by atoms with Gasteiger partial charge in [0.25, 0.3) is 0 Å². The minimum atomic E-state index is -3.65. The van der Waals surface area contributed by atoms with E-state index in [1.165, 1.54) is 4.31 Å². The highest BCUT2D eigenvalue weighted by molar-refractivity contribution is 7.89. The molecule has 0 aliphatic carbocycles. The van der Waals surface area contributed by atoms with Crippen LogP contribution in [0.25, 0.3) is 0 Å². The maximum absolute atomic E-state index is 12.9. The van der Waals surface area contributed by atoms with Gasteiger partial charge < -0.3 is 0 Å². The van der Waals surface area contributed by atoms with Crippen LogP contribution in [0.5, 0.6) is 0 Å². The number of nitrogens with one attached hydrogen (secondary N) is 1. The van der Waals surface area contributed by atoms with Crippen molar-refractivity contribution in [3.63, 3.8) is 0 Å². The first-order chi connectivity index (χ1) is 16.4. The maximum atomic E-state index is 12.9. The third-order valence-electron chi connectivity index (χ3n) is 6.00. The Morgan fingerprint density at radius 3 is 1.82 bits per heavy atom. The van der Waals surface area contributed by atoms with Gasteiger partial charge in [-0.2, -0.15) is 4.31 Å². The van der Waals surface area contributed by atoms with Crippen LogP contribution in [0.1, 0.15) is 17.2 Å². The first-order valence-corrected chi connectivity index (χ1v) is 14.3. The molecule has 1 N–H and O–H groups in total. The highest BCUT2D eigenvalue weighted by Gasteiger charge is 2.31. The third kappa shape index (κ3) is 6.11. The van der Waals surface area contributed by atoms with Crippen LogP contribution >= 0.6 is 0 Å². The van der Waals surface area contributed by atoms with E-state index in [9.17, 15) is 16.8 Å². The van der Waals surface area contributed by atoms with Crippen molar-refractivity contribution >= 4 is 20.0 Å². The van der Waals surface area contributed by atoms with Crippen molar-refractivity contribution < 1.29 is 16.8 Å². The summed E-state index contributed by atoms with van der Waals surface area (Å²) in [5.74, 6) is -0.0210. The zero-order valence-corrected chi connectivity index (χ0v) is 20.5. The van der Waals surface area contributed by atoms with E-state index < -0.39 is 20.0 Å². The van der Waals surface area contributed by atoms with Crippen molar-refractivity contribution in [2.45, 2.75) is 16.7 Å². The average molecular weight is 500 g/mol. The summed E-state index contributed by atoms with van der Waals surface area (Å²) in [4.78, 5) is 2.37. The van der Waals surface area contributed by atoms with Gasteiger partial charge in [0.15, 0.2) is 0 Å². The van der Waals surface area contributed by atoms with Crippen molar-refractivity contribution in [1.82, 2.24) is 13.9 Å². The van der Waals surface area contributed by atoms with Gasteiger partial charge in [0.05, 0.1) is 10.6 Å². The fraction of sp³-hybridized carbons (Fsp3) is 0.280. The van der Waals surface area contributed by atoms with Crippen molar-refractivity contribution in [2.24, 2.45) is 0 Å². The first kappa shape index (κ1) is 24.6. The maximum Gasteiger partial charge on any atom is 0.240 e. The number of sulfonamides is 2. The fourth-order valence-corrected chi connectivity index (χ4v) is 6.75. The van der Waals surface area contributed by atoms with Gasteiger partial charge in [0.2, 0.25) is 20.0 Å². The van der Waals surface area contributed by atoms with Crippen LogP contribution in [-0.2, 0) is 25.8 Å². The average Bonchev–Trinajstić information content (AvgIpc) is 2.86. The van der Waals surface area contributed by atoms with E-state index in [4.69, 9.17) is 0 Å². The van der Waals surface area contributed by atoms with Gasteiger partial charge in [-0.3, -0.25) is 4.90 Å². The Morgan fingerprint density at radius 2 is 1.24 bits per heavy atom. The van der Waals surface area contributed by atoms with Gasteiger partial charge in [-0.1, -0.05) is 78.9 Å². The van der Waals surface area contributed by atoms with Crippen LogP contribution in [-0.4, -0.2) is 58.8 Å². The molecule has 3 aromatic carbocycles. The van der Waals surface area contributed by atoms with Gasteiger partial charge in [0.1, 0.15) is 0 Å². The summed E-state index contributed by atoms with van der Waals surface area (Å²) in [5, 5.41) is 0. The van der Waals surface area contributed by atoms with E-state index in [1.807, 2.05) is 60.7 Å². The molecule has 1 aliphatic rings. The lowest BCUT2D eigenvalue weighted by molar-refractivity contribution is 0.138. The monoisotopic (exact) mass is 499 g/mol. The van der Waals surface area contributed by atoms with Gasteiger partial charge in [-0.05, 0) is 23.3 Å². The molecule has 1 fully saturated rings. The second-order valence-corrected chi connectivity index (χ2v) is 12.0. The fourth-order valence-electron chi connectivity index (χ4n) is 4.17. The summed E-state index contributed by atoms with van der Waals surface area (Å²) >= 11 is 0. The van der Waals surface area contributed by atoms with Crippen LogP contribution in [0.2, 0.25) is 0 Å². The minimum absolute atomic E-state index is 0.0210. The molecule has 0 unspecified atom stereocenters. The van der Waals surface area contributed by atoms with Crippen LogP contribution in [0, 0.1) is 0 Å². The lowest BCUT2D eigenvalue weighted by Gasteiger charge is -2.39. The molecule has 1 aliphatic heterocycles. The standard InChI is InChI=1S/C25H29N3O4S2/c29-33(30,21-22-10-4-1-5-11-22)28-18-16-27(17-19-28)25(23-12-6-2-7-13-23)20-26-34(31,32)24-14-8-3-9-15-24/h1-15,25-26H,16-21H2/t25-/m1/s1. The van der Waals surface area contributed by atoms with E-state index in [2.05, 4.69) is 9.62 Å². The minimum Gasteiger partial charge on any atom is -0.292 e. The highest BCUT2D eigenvalue weighted by atomic mass is 32.2. The van der Waals surface area contributed by atoms with E-state index in [1.54, 1.807) is 30.3 Å². The number of hydrogen-bond donors (Lipinski definition) is 1. The second-order valence-electron chi connectivity index (χ2n) is 8.27. The van der Waals surface area contributed by atoms with Crippen molar-refractivity contribution in [3.05, 3.63) is 102 Å². The lowest BCUT2D eigenvalue weighted by Crippen LogP contribution is -2.51. The molecular weight excluding hydrogens is 470 g/mol. The molecule has 0 saturated carbocycles. The Hall–Kier alpha value is -2.56. The largest absolute Gasteiger partial charge is 0.292 e. The summed E-state index contributed by atoms with van der Waals surface area (Å²) in [6.45, 7) is 1.95. The molecule has 34 heavy (non-hydrogen) atoms. The smallest absolute Gasteiger partial charge is 0.240 e. The van der Waals surface area contributed by atoms with Crippen LogP contribution < -0.4 is 4.72 Å². The van der Waals surface area contributed by atoms with E-state index in [0.29, 0.717) is 26.2 Å². The quantitative estimate of drug-likeness (QED) is 0.489. The van der Waals surface area contributed by atoms with E-state index >= 15 is 0 Å². The number of hydrogen-bond acceptors (Lipinski definition) is 5. The third-order valence-corrected chi connectivity index (χ3v) is 9.29. The van der Waals surface area contributed by atoms with E-state index in [0.717, 1.165) is 11.1 Å². The van der Waals surface area contributed by atoms with Crippen LogP contribution in [0.15, 0.2) is 95.9 Å². The Balaban J connectivity index is 1.45. The summed E-state index contributed by atoms with van der Waals surface area (Å²) in [7, 11) is -7.08. The van der Waals surface area contributed by atoms with Crippen molar-refractivity contribution in [2.75, 3.05) is 32.7 Å². The van der Waals surface area contributed by atoms with Gasteiger partial charge in [-0.15, -0.1) is 0 Å². The molecule has 0 radical (unpaired) electrons. The van der Waals surface area contributed by atoms with Crippen molar-refractivity contribution in [1.29, 1.82) is 0 Å². The second kappa shape index (κ2) is 10.8. The zero-order valence-electron chi connectivity index (χ0n) is 18.8. The molecule has 0 amide bonds. The molecule has 1 saturated heterocycles. The van der Waals surface area contributed by atoms with Gasteiger partial charge in [0, 0.05) is 38.8 Å². The lowest BCUT2D eigenvalue weighted by atomic mass is 10.0. The molecule has 1 heterocycles. The predicted octanol–water partition coefficient (Wildman–Crippen LogP) is 2.85. The Bertz CT molecular complexity index is 1260. The topological polar surface area (TPSA) is 86.8 Å². The summed E-state index contributed by atoms with van der Waals surface area (Å²) in [5.41, 5.74) is 1.75. The molecule has 9 heteroatoms. The Kier molecular flexibility index (Phi) is 7.80. The first-order valence-electron chi connectivity index (χ1n) is 11.2.